The van der Waals surface area contributed by atoms with Crippen LogP contribution in [0.5, 0.6) is 0 Å². The van der Waals surface area contributed by atoms with E-state index in [0.29, 0.717) is 41.4 Å². The largest absolute Gasteiger partial charge is 0.465 e. The molecule has 0 radical (unpaired) electrons. The number of esters is 1. The van der Waals surface area contributed by atoms with E-state index in [1.54, 1.807) is 0 Å². The van der Waals surface area contributed by atoms with Gasteiger partial charge in [-0.3, -0.25) is 9.69 Å². The van der Waals surface area contributed by atoms with Gasteiger partial charge in [0.2, 0.25) is 11.8 Å². The van der Waals surface area contributed by atoms with Crippen LogP contribution < -0.4 is 5.32 Å². The highest BCUT2D eigenvalue weighted by molar-refractivity contribution is 7.17. The summed E-state index contributed by atoms with van der Waals surface area (Å²) in [4.78, 5) is 29.5. The van der Waals surface area contributed by atoms with E-state index in [1.165, 1.54) is 34.7 Å². The van der Waals surface area contributed by atoms with Crippen LogP contribution in [-0.4, -0.2) is 47.2 Å². The lowest BCUT2D eigenvalue weighted by molar-refractivity contribution is -0.117. The van der Waals surface area contributed by atoms with Crippen LogP contribution in [0.15, 0.2) is 21.9 Å². The molecule has 0 saturated heterocycles. The Morgan fingerprint density at radius 2 is 2.21 bits per heavy atom. The van der Waals surface area contributed by atoms with Gasteiger partial charge in [-0.05, 0) is 55.2 Å². The number of anilines is 1. The van der Waals surface area contributed by atoms with Crippen LogP contribution in [-0.2, 0) is 28.9 Å². The summed E-state index contributed by atoms with van der Waals surface area (Å²) in [6, 6.07) is 3.86. The van der Waals surface area contributed by atoms with Gasteiger partial charge in [0.1, 0.15) is 5.00 Å². The molecular formula is C23H28N4O4S2. The van der Waals surface area contributed by atoms with E-state index < -0.39 is 5.97 Å². The van der Waals surface area contributed by atoms with Gasteiger partial charge in [-0.1, -0.05) is 19.9 Å². The molecule has 8 nitrogen and oxygen atoms in total. The first-order valence-electron chi connectivity index (χ1n) is 11.1. The number of fused-ring (bicyclic) bond motifs is 1. The molecule has 3 aromatic heterocycles. The Bertz CT molecular complexity index is 1110. The Hall–Kier alpha value is -2.56. The zero-order valence-electron chi connectivity index (χ0n) is 19.1. The lowest BCUT2D eigenvalue weighted by Crippen LogP contribution is -2.33. The second-order valence-corrected chi connectivity index (χ2v) is 10.3. The van der Waals surface area contributed by atoms with Crippen LogP contribution in [0.3, 0.4) is 0 Å². The SMILES string of the molecule is CCCN(CC(=O)Nc1sc2c(c1C(=O)OC)CCC(C)C2)Cc1nnc(-c2cccs2)o1. The third kappa shape index (κ3) is 5.51. The van der Waals surface area contributed by atoms with Gasteiger partial charge in [0.05, 0.1) is 30.6 Å². The molecular weight excluding hydrogens is 460 g/mol. The number of amides is 1. The minimum atomic E-state index is -0.394. The van der Waals surface area contributed by atoms with Crippen LogP contribution >= 0.6 is 22.7 Å². The number of nitrogens with one attached hydrogen (secondary N) is 1. The number of thiophene rings is 2. The lowest BCUT2D eigenvalue weighted by atomic mass is 9.88. The number of nitrogens with zero attached hydrogens (tertiary/aromatic N) is 3. The van der Waals surface area contributed by atoms with Crippen molar-refractivity contribution in [1.82, 2.24) is 15.1 Å². The van der Waals surface area contributed by atoms with Crippen molar-refractivity contribution in [2.24, 2.45) is 5.92 Å². The molecule has 1 amide bonds. The third-order valence-electron chi connectivity index (χ3n) is 5.62. The molecule has 0 bridgehead atoms. The number of aromatic nitrogens is 2. The summed E-state index contributed by atoms with van der Waals surface area (Å²) in [6.45, 7) is 5.50. The van der Waals surface area contributed by atoms with Crippen LogP contribution in [0.2, 0.25) is 0 Å². The van der Waals surface area contributed by atoms with E-state index in [9.17, 15) is 9.59 Å². The number of ether oxygens (including phenoxy) is 1. The maximum Gasteiger partial charge on any atom is 0.341 e. The van der Waals surface area contributed by atoms with Crippen molar-refractivity contribution in [3.05, 3.63) is 39.4 Å². The van der Waals surface area contributed by atoms with Crippen LogP contribution in [0, 0.1) is 5.92 Å². The molecule has 10 heteroatoms. The number of rotatable bonds is 9. The highest BCUT2D eigenvalue weighted by Crippen LogP contribution is 2.40. The second kappa shape index (κ2) is 10.6. The molecule has 0 spiro atoms. The molecule has 0 saturated carbocycles. The molecule has 1 N–H and O–H groups in total. The number of hydrogen-bond donors (Lipinski definition) is 1. The fourth-order valence-corrected chi connectivity index (χ4v) is 6.12. The zero-order valence-corrected chi connectivity index (χ0v) is 20.7. The van der Waals surface area contributed by atoms with Gasteiger partial charge in [0, 0.05) is 4.88 Å². The van der Waals surface area contributed by atoms with Gasteiger partial charge in [0.25, 0.3) is 5.89 Å². The van der Waals surface area contributed by atoms with Crippen LogP contribution in [0.1, 0.15) is 53.4 Å². The average Bonchev–Trinajstić information content (AvgIpc) is 3.52. The van der Waals surface area contributed by atoms with Crippen molar-refractivity contribution in [3.63, 3.8) is 0 Å². The van der Waals surface area contributed by atoms with E-state index in [4.69, 9.17) is 9.15 Å². The number of carbonyl (C=O) groups excluding carboxylic acids is 2. The number of hydrogen-bond acceptors (Lipinski definition) is 9. The first-order chi connectivity index (χ1) is 16.0. The fraction of sp³-hybridized carbons (Fsp3) is 0.478. The maximum absolute atomic E-state index is 13.0. The van der Waals surface area contributed by atoms with Crippen molar-refractivity contribution < 1.29 is 18.7 Å². The highest BCUT2D eigenvalue weighted by Gasteiger charge is 2.29. The molecule has 1 aliphatic rings. The van der Waals surface area contributed by atoms with Crippen LogP contribution in [0.25, 0.3) is 10.8 Å². The number of methoxy groups -OCH3 is 1. The van der Waals surface area contributed by atoms with Crippen molar-refractivity contribution in [3.8, 4) is 10.8 Å². The molecule has 1 atom stereocenters. The normalized spacial score (nSPS) is 15.5. The third-order valence-corrected chi connectivity index (χ3v) is 7.65. The Morgan fingerprint density at radius 1 is 1.36 bits per heavy atom. The molecule has 3 aromatic rings. The van der Waals surface area contributed by atoms with Gasteiger partial charge in [-0.15, -0.1) is 32.9 Å². The lowest BCUT2D eigenvalue weighted by Gasteiger charge is -2.19. The van der Waals surface area contributed by atoms with Gasteiger partial charge in [-0.25, -0.2) is 4.79 Å². The van der Waals surface area contributed by atoms with E-state index in [0.717, 1.165) is 36.1 Å². The van der Waals surface area contributed by atoms with Crippen molar-refractivity contribution in [2.75, 3.05) is 25.5 Å². The average molecular weight is 489 g/mol. The van der Waals surface area contributed by atoms with Gasteiger partial charge < -0.3 is 14.5 Å². The summed E-state index contributed by atoms with van der Waals surface area (Å²) in [5.41, 5.74) is 1.54. The zero-order chi connectivity index (χ0) is 23.4. The van der Waals surface area contributed by atoms with E-state index in [2.05, 4.69) is 29.4 Å². The van der Waals surface area contributed by atoms with Gasteiger partial charge in [-0.2, -0.15) is 0 Å². The Balaban J connectivity index is 1.46. The van der Waals surface area contributed by atoms with Gasteiger partial charge >= 0.3 is 5.97 Å². The first kappa shape index (κ1) is 23.6. The first-order valence-corrected chi connectivity index (χ1v) is 12.8. The molecule has 1 unspecified atom stereocenters. The molecule has 176 valence electrons. The topological polar surface area (TPSA) is 97.6 Å². The molecule has 4 rings (SSSR count). The summed E-state index contributed by atoms with van der Waals surface area (Å²) in [6.07, 6.45) is 3.66. The summed E-state index contributed by atoms with van der Waals surface area (Å²) in [5, 5.41) is 13.8. The molecule has 33 heavy (non-hydrogen) atoms. The van der Waals surface area contributed by atoms with Crippen LogP contribution in [0.4, 0.5) is 5.00 Å². The smallest absolute Gasteiger partial charge is 0.341 e. The molecule has 3 heterocycles. The Kier molecular flexibility index (Phi) is 7.56. The predicted octanol–water partition coefficient (Wildman–Crippen LogP) is 4.62. The monoisotopic (exact) mass is 488 g/mol. The molecule has 0 aromatic carbocycles. The quantitative estimate of drug-likeness (QED) is 0.439. The highest BCUT2D eigenvalue weighted by atomic mass is 32.1. The summed E-state index contributed by atoms with van der Waals surface area (Å²) in [5.74, 6) is 0.948. The fourth-order valence-electron chi connectivity index (χ4n) is 4.06. The molecule has 1 aliphatic carbocycles. The van der Waals surface area contributed by atoms with Crippen molar-refractivity contribution >= 4 is 39.6 Å². The second-order valence-electron chi connectivity index (χ2n) is 8.28. The summed E-state index contributed by atoms with van der Waals surface area (Å²) in [7, 11) is 1.38. The summed E-state index contributed by atoms with van der Waals surface area (Å²) < 4.78 is 10.8. The molecule has 0 fully saturated rings. The van der Waals surface area contributed by atoms with E-state index in [-0.39, 0.29) is 12.5 Å². The van der Waals surface area contributed by atoms with Crippen molar-refractivity contribution in [2.45, 2.75) is 46.1 Å². The van der Waals surface area contributed by atoms with E-state index >= 15 is 0 Å². The standard InChI is InChI=1S/C23H28N4O4S2/c1-4-9-27(13-19-25-26-21(31-19)16-6-5-10-32-16)12-18(28)24-22-20(23(29)30-3)15-8-7-14(2)11-17(15)33-22/h5-6,10,14H,4,7-9,11-13H2,1-3H3,(H,24,28). The summed E-state index contributed by atoms with van der Waals surface area (Å²) >= 11 is 3.03. The van der Waals surface area contributed by atoms with Crippen molar-refractivity contribution in [1.29, 1.82) is 0 Å². The Labute approximate surface area is 201 Å². The number of carbonyl (C=O) groups is 2. The predicted molar refractivity (Wildman–Crippen MR) is 129 cm³/mol. The molecule has 0 aliphatic heterocycles. The van der Waals surface area contributed by atoms with E-state index in [1.807, 2.05) is 22.4 Å². The maximum atomic E-state index is 13.0. The minimum Gasteiger partial charge on any atom is -0.465 e. The minimum absolute atomic E-state index is 0.157. The van der Waals surface area contributed by atoms with Gasteiger partial charge in [0.15, 0.2) is 0 Å². The Morgan fingerprint density at radius 3 is 2.94 bits per heavy atom.